The number of carbonyl (C=O) groups is 1. The van der Waals surface area contributed by atoms with Gasteiger partial charge in [0, 0.05) is 0 Å². The van der Waals surface area contributed by atoms with Gasteiger partial charge >= 0.3 is 0 Å². The first-order valence-corrected chi connectivity index (χ1v) is 6.15. The lowest BCUT2D eigenvalue weighted by Crippen LogP contribution is -2.20. The Balaban J connectivity index is 2.00. The van der Waals surface area contributed by atoms with Gasteiger partial charge in [0.15, 0.2) is 6.61 Å². The molecule has 0 saturated heterocycles. The number of benzene rings is 2. The molecule has 2 aromatic carbocycles. The SMILES string of the molecule is N#Cc1ccccc1NC(=O)COc1ccccc1C#N. The second kappa shape index (κ2) is 6.74. The fraction of sp³-hybridized carbons (Fsp3) is 0.0625. The molecule has 1 N–H and O–H groups in total. The molecule has 1 amide bonds. The van der Waals surface area contributed by atoms with Gasteiger partial charge in [0.25, 0.3) is 5.91 Å². The number of ether oxygens (including phenoxy) is 1. The van der Waals surface area contributed by atoms with E-state index in [9.17, 15) is 4.79 Å². The number of para-hydroxylation sites is 2. The number of anilines is 1. The van der Waals surface area contributed by atoms with Crippen LogP contribution in [-0.4, -0.2) is 12.5 Å². The quantitative estimate of drug-likeness (QED) is 0.930. The Bertz CT molecular complexity index is 742. The zero-order valence-electron chi connectivity index (χ0n) is 11.0. The zero-order chi connectivity index (χ0) is 15.1. The summed E-state index contributed by atoms with van der Waals surface area (Å²) < 4.78 is 5.32. The van der Waals surface area contributed by atoms with Crippen molar-refractivity contribution < 1.29 is 9.53 Å². The van der Waals surface area contributed by atoms with Gasteiger partial charge in [-0.2, -0.15) is 10.5 Å². The average molecular weight is 277 g/mol. The highest BCUT2D eigenvalue weighted by Gasteiger charge is 2.08. The number of nitrogens with one attached hydrogen (secondary N) is 1. The third kappa shape index (κ3) is 3.59. The van der Waals surface area contributed by atoms with Crippen molar-refractivity contribution in [2.45, 2.75) is 0 Å². The molecule has 0 heterocycles. The lowest BCUT2D eigenvalue weighted by atomic mass is 10.2. The number of nitriles is 2. The van der Waals surface area contributed by atoms with E-state index in [1.165, 1.54) is 0 Å². The molecule has 0 unspecified atom stereocenters. The van der Waals surface area contributed by atoms with Crippen molar-refractivity contribution in [3.05, 3.63) is 59.7 Å². The van der Waals surface area contributed by atoms with Crippen molar-refractivity contribution in [3.8, 4) is 17.9 Å². The normalized spacial score (nSPS) is 9.24. The van der Waals surface area contributed by atoms with Crippen LogP contribution in [0, 0.1) is 22.7 Å². The van der Waals surface area contributed by atoms with Gasteiger partial charge in [-0.3, -0.25) is 4.79 Å². The number of carbonyl (C=O) groups excluding carboxylic acids is 1. The summed E-state index contributed by atoms with van der Waals surface area (Å²) in [5, 5.41) is 20.5. The van der Waals surface area contributed by atoms with Gasteiger partial charge in [0.2, 0.25) is 0 Å². The Morgan fingerprint density at radius 2 is 1.62 bits per heavy atom. The molecule has 102 valence electrons. The third-order valence-electron chi connectivity index (χ3n) is 2.69. The first-order chi connectivity index (χ1) is 10.2. The van der Waals surface area contributed by atoms with Gasteiger partial charge in [-0.1, -0.05) is 24.3 Å². The summed E-state index contributed by atoms with van der Waals surface area (Å²) >= 11 is 0. The third-order valence-corrected chi connectivity index (χ3v) is 2.69. The number of hydrogen-bond donors (Lipinski definition) is 1. The minimum absolute atomic E-state index is 0.238. The fourth-order valence-corrected chi connectivity index (χ4v) is 1.70. The number of amides is 1. The van der Waals surface area contributed by atoms with E-state index < -0.39 is 5.91 Å². The maximum absolute atomic E-state index is 11.8. The molecule has 21 heavy (non-hydrogen) atoms. The first-order valence-electron chi connectivity index (χ1n) is 6.15. The highest BCUT2D eigenvalue weighted by Crippen LogP contribution is 2.17. The second-order valence-corrected chi connectivity index (χ2v) is 4.10. The van der Waals surface area contributed by atoms with Gasteiger partial charge in [0.1, 0.15) is 17.9 Å². The molecule has 0 radical (unpaired) electrons. The molecule has 0 aliphatic heterocycles. The summed E-state index contributed by atoms with van der Waals surface area (Å²) in [4.78, 5) is 11.8. The molecular weight excluding hydrogens is 266 g/mol. The van der Waals surface area contributed by atoms with Crippen LogP contribution in [-0.2, 0) is 4.79 Å². The topological polar surface area (TPSA) is 85.9 Å². The van der Waals surface area contributed by atoms with E-state index in [1.54, 1.807) is 48.5 Å². The molecule has 0 atom stereocenters. The molecule has 0 aromatic heterocycles. The van der Waals surface area contributed by atoms with Crippen molar-refractivity contribution in [2.75, 3.05) is 11.9 Å². The number of hydrogen-bond acceptors (Lipinski definition) is 4. The van der Waals surface area contributed by atoms with Crippen LogP contribution in [0.1, 0.15) is 11.1 Å². The van der Waals surface area contributed by atoms with E-state index in [4.69, 9.17) is 15.3 Å². The predicted octanol–water partition coefficient (Wildman–Crippen LogP) is 2.45. The average Bonchev–Trinajstić information content (AvgIpc) is 2.53. The van der Waals surface area contributed by atoms with E-state index >= 15 is 0 Å². The Hall–Kier alpha value is -3.31. The van der Waals surface area contributed by atoms with Crippen molar-refractivity contribution in [2.24, 2.45) is 0 Å². The predicted molar refractivity (Wildman–Crippen MR) is 76.4 cm³/mol. The molecular formula is C16H11N3O2. The fourth-order valence-electron chi connectivity index (χ4n) is 1.70. The Kier molecular flexibility index (Phi) is 4.53. The Morgan fingerprint density at radius 1 is 1.00 bits per heavy atom. The lowest BCUT2D eigenvalue weighted by Gasteiger charge is -2.09. The van der Waals surface area contributed by atoms with Crippen molar-refractivity contribution >= 4 is 11.6 Å². The molecule has 0 aliphatic rings. The largest absolute Gasteiger partial charge is 0.482 e. The highest BCUT2D eigenvalue weighted by molar-refractivity contribution is 5.93. The molecule has 0 aliphatic carbocycles. The van der Waals surface area contributed by atoms with Crippen molar-refractivity contribution in [3.63, 3.8) is 0 Å². The maximum Gasteiger partial charge on any atom is 0.262 e. The maximum atomic E-state index is 11.8. The standard InChI is InChI=1S/C16H11N3O2/c17-9-12-5-1-3-7-14(12)19-16(20)11-21-15-8-4-2-6-13(15)10-18/h1-8H,11H2,(H,19,20). The minimum atomic E-state index is -0.398. The van der Waals surface area contributed by atoms with Gasteiger partial charge in [0.05, 0.1) is 16.8 Å². The second-order valence-electron chi connectivity index (χ2n) is 4.10. The Labute approximate surface area is 122 Å². The van der Waals surface area contributed by atoms with Crippen LogP contribution in [0.3, 0.4) is 0 Å². The molecule has 5 heteroatoms. The lowest BCUT2D eigenvalue weighted by molar-refractivity contribution is -0.118. The van der Waals surface area contributed by atoms with Crippen LogP contribution in [0.25, 0.3) is 0 Å². The van der Waals surface area contributed by atoms with Gasteiger partial charge in [-0.25, -0.2) is 0 Å². The minimum Gasteiger partial charge on any atom is -0.482 e. The van der Waals surface area contributed by atoms with Crippen molar-refractivity contribution in [1.82, 2.24) is 0 Å². The monoisotopic (exact) mass is 277 g/mol. The van der Waals surface area contributed by atoms with Crippen LogP contribution in [0.2, 0.25) is 0 Å². The van der Waals surface area contributed by atoms with Crippen molar-refractivity contribution in [1.29, 1.82) is 10.5 Å². The summed E-state index contributed by atoms with van der Waals surface area (Å²) in [5.74, 6) is -0.0471. The summed E-state index contributed by atoms with van der Waals surface area (Å²) in [6.45, 7) is -0.238. The van der Waals surface area contributed by atoms with Crippen LogP contribution < -0.4 is 10.1 Å². The number of nitrogens with zero attached hydrogens (tertiary/aromatic N) is 2. The smallest absolute Gasteiger partial charge is 0.262 e. The van der Waals surface area contributed by atoms with Crippen LogP contribution in [0.5, 0.6) is 5.75 Å². The summed E-state index contributed by atoms with van der Waals surface area (Å²) in [6.07, 6.45) is 0. The molecule has 2 rings (SSSR count). The summed E-state index contributed by atoms with van der Waals surface area (Å²) in [6, 6.07) is 17.3. The summed E-state index contributed by atoms with van der Waals surface area (Å²) in [7, 11) is 0. The van der Waals surface area contributed by atoms with Gasteiger partial charge < -0.3 is 10.1 Å². The highest BCUT2D eigenvalue weighted by atomic mass is 16.5. The molecule has 0 bridgehead atoms. The van der Waals surface area contributed by atoms with Gasteiger partial charge in [-0.05, 0) is 24.3 Å². The summed E-state index contributed by atoms with van der Waals surface area (Å²) in [5.41, 5.74) is 1.17. The number of rotatable bonds is 4. The van der Waals surface area contributed by atoms with E-state index in [1.807, 2.05) is 12.1 Å². The van der Waals surface area contributed by atoms with Gasteiger partial charge in [-0.15, -0.1) is 0 Å². The van der Waals surface area contributed by atoms with E-state index in [2.05, 4.69) is 5.32 Å². The molecule has 0 fully saturated rings. The molecule has 2 aromatic rings. The zero-order valence-corrected chi connectivity index (χ0v) is 11.0. The van der Waals surface area contributed by atoms with Crippen LogP contribution in [0.15, 0.2) is 48.5 Å². The van der Waals surface area contributed by atoms with E-state index in [-0.39, 0.29) is 6.61 Å². The van der Waals surface area contributed by atoms with E-state index in [0.717, 1.165) is 0 Å². The molecule has 5 nitrogen and oxygen atoms in total. The van der Waals surface area contributed by atoms with Crippen LogP contribution in [0.4, 0.5) is 5.69 Å². The first kappa shape index (κ1) is 14.1. The van der Waals surface area contributed by atoms with Crippen LogP contribution >= 0.6 is 0 Å². The molecule has 0 spiro atoms. The molecule has 0 saturated carbocycles. The Morgan fingerprint density at radius 3 is 2.33 bits per heavy atom. The van der Waals surface area contributed by atoms with E-state index in [0.29, 0.717) is 22.6 Å².